The summed E-state index contributed by atoms with van der Waals surface area (Å²) in [6.45, 7) is 2.32. The van der Waals surface area contributed by atoms with E-state index in [9.17, 15) is 0 Å². The van der Waals surface area contributed by atoms with Crippen LogP contribution in [0.25, 0.3) is 0 Å². The second-order valence-electron chi connectivity index (χ2n) is 3.96. The number of rotatable bonds is 1. The minimum Gasteiger partial charge on any atom is -0.0882 e. The van der Waals surface area contributed by atoms with E-state index in [2.05, 4.69) is 31.2 Å². The normalized spacial score (nSPS) is 37.2. The first-order valence-corrected chi connectivity index (χ1v) is 4.69. The van der Waals surface area contributed by atoms with E-state index in [1.807, 2.05) is 0 Å². The Morgan fingerprint density at radius 1 is 1.09 bits per heavy atom. The Labute approximate surface area is 69.0 Å². The molecule has 0 bridgehead atoms. The van der Waals surface area contributed by atoms with Crippen LogP contribution in [0.15, 0.2) is 24.3 Å². The van der Waals surface area contributed by atoms with Crippen LogP contribution in [-0.4, -0.2) is 0 Å². The number of allylic oxidation sites excluding steroid dienone is 4. The Morgan fingerprint density at radius 3 is 2.36 bits per heavy atom. The summed E-state index contributed by atoms with van der Waals surface area (Å²) >= 11 is 0. The summed E-state index contributed by atoms with van der Waals surface area (Å²) in [6.07, 6.45) is 13.5. The van der Waals surface area contributed by atoms with E-state index in [0.29, 0.717) is 0 Å². The fraction of sp³-hybridized carbons (Fsp3) is 0.636. The van der Waals surface area contributed by atoms with Gasteiger partial charge in [0, 0.05) is 0 Å². The Hall–Kier alpha value is -0.520. The van der Waals surface area contributed by atoms with Gasteiger partial charge < -0.3 is 0 Å². The SMILES string of the molecule is CC1C=CC(C2CC=CC2)C1. The van der Waals surface area contributed by atoms with Crippen molar-refractivity contribution in [3.8, 4) is 0 Å². The third kappa shape index (κ3) is 1.40. The van der Waals surface area contributed by atoms with Crippen LogP contribution in [0, 0.1) is 17.8 Å². The highest BCUT2D eigenvalue weighted by atomic mass is 14.3. The van der Waals surface area contributed by atoms with Gasteiger partial charge in [-0.1, -0.05) is 31.2 Å². The summed E-state index contributed by atoms with van der Waals surface area (Å²) < 4.78 is 0. The number of hydrogen-bond acceptors (Lipinski definition) is 0. The molecule has 2 atom stereocenters. The van der Waals surface area contributed by atoms with Gasteiger partial charge in [-0.25, -0.2) is 0 Å². The summed E-state index contributed by atoms with van der Waals surface area (Å²) in [4.78, 5) is 0. The minimum absolute atomic E-state index is 0.834. The molecule has 0 heterocycles. The lowest BCUT2D eigenvalue weighted by atomic mass is 9.88. The first kappa shape index (κ1) is 7.15. The van der Waals surface area contributed by atoms with Gasteiger partial charge in [0.2, 0.25) is 0 Å². The third-order valence-corrected chi connectivity index (χ3v) is 2.98. The predicted octanol–water partition coefficient (Wildman–Crippen LogP) is 3.16. The fourth-order valence-corrected chi connectivity index (χ4v) is 2.26. The lowest BCUT2D eigenvalue weighted by molar-refractivity contribution is 0.387. The van der Waals surface area contributed by atoms with Crippen molar-refractivity contribution in [1.29, 1.82) is 0 Å². The van der Waals surface area contributed by atoms with Gasteiger partial charge in [0.25, 0.3) is 0 Å². The monoisotopic (exact) mass is 148 g/mol. The van der Waals surface area contributed by atoms with Gasteiger partial charge in [-0.2, -0.15) is 0 Å². The Kier molecular flexibility index (Phi) is 1.85. The van der Waals surface area contributed by atoms with Crippen molar-refractivity contribution in [2.24, 2.45) is 17.8 Å². The van der Waals surface area contributed by atoms with E-state index in [-0.39, 0.29) is 0 Å². The molecule has 2 aliphatic rings. The molecule has 0 amide bonds. The lowest BCUT2D eigenvalue weighted by Crippen LogP contribution is -2.07. The average Bonchev–Trinajstić information content (AvgIpc) is 2.55. The Balaban J connectivity index is 1.92. The van der Waals surface area contributed by atoms with Gasteiger partial charge in [-0.05, 0) is 37.0 Å². The van der Waals surface area contributed by atoms with Crippen molar-refractivity contribution < 1.29 is 0 Å². The van der Waals surface area contributed by atoms with Crippen LogP contribution in [0.4, 0.5) is 0 Å². The van der Waals surface area contributed by atoms with Gasteiger partial charge in [0.1, 0.15) is 0 Å². The zero-order valence-corrected chi connectivity index (χ0v) is 7.16. The van der Waals surface area contributed by atoms with E-state index in [1.165, 1.54) is 19.3 Å². The van der Waals surface area contributed by atoms with Crippen LogP contribution in [0.1, 0.15) is 26.2 Å². The molecule has 0 radical (unpaired) electrons. The molecule has 2 rings (SSSR count). The van der Waals surface area contributed by atoms with Crippen LogP contribution >= 0.6 is 0 Å². The Morgan fingerprint density at radius 2 is 1.82 bits per heavy atom. The zero-order valence-electron chi connectivity index (χ0n) is 7.16. The maximum Gasteiger partial charge on any atom is -0.0194 e. The summed E-state index contributed by atoms with van der Waals surface area (Å²) in [5.41, 5.74) is 0. The zero-order chi connectivity index (χ0) is 7.68. The molecular formula is C11H16. The summed E-state index contributed by atoms with van der Waals surface area (Å²) in [7, 11) is 0. The third-order valence-electron chi connectivity index (χ3n) is 2.98. The molecule has 0 aromatic heterocycles. The van der Waals surface area contributed by atoms with Crippen LogP contribution in [-0.2, 0) is 0 Å². The molecule has 0 N–H and O–H groups in total. The first-order chi connectivity index (χ1) is 5.36. The summed E-state index contributed by atoms with van der Waals surface area (Å²) in [5.74, 6) is 2.66. The van der Waals surface area contributed by atoms with Crippen LogP contribution < -0.4 is 0 Å². The highest BCUT2D eigenvalue weighted by Crippen LogP contribution is 2.35. The number of hydrogen-bond donors (Lipinski definition) is 0. The van der Waals surface area contributed by atoms with Gasteiger partial charge in [0.15, 0.2) is 0 Å². The van der Waals surface area contributed by atoms with E-state index in [1.54, 1.807) is 0 Å². The molecule has 0 fully saturated rings. The highest BCUT2D eigenvalue weighted by molar-refractivity contribution is 5.07. The second-order valence-corrected chi connectivity index (χ2v) is 3.96. The fourth-order valence-electron chi connectivity index (χ4n) is 2.26. The molecule has 0 spiro atoms. The van der Waals surface area contributed by atoms with Gasteiger partial charge in [0.05, 0.1) is 0 Å². The van der Waals surface area contributed by atoms with Crippen LogP contribution in [0.5, 0.6) is 0 Å². The molecule has 0 aromatic rings. The standard InChI is InChI=1S/C11H16/c1-9-6-7-11(8-9)10-4-2-3-5-10/h2-3,6-7,9-11H,4-5,8H2,1H3. The molecule has 0 saturated heterocycles. The molecule has 60 valence electrons. The van der Waals surface area contributed by atoms with Crippen molar-refractivity contribution in [3.05, 3.63) is 24.3 Å². The first-order valence-electron chi connectivity index (χ1n) is 4.69. The maximum atomic E-state index is 2.43. The molecule has 2 aliphatic carbocycles. The highest BCUT2D eigenvalue weighted by Gasteiger charge is 2.24. The van der Waals surface area contributed by atoms with E-state index < -0.39 is 0 Å². The minimum atomic E-state index is 0.834. The molecule has 11 heavy (non-hydrogen) atoms. The van der Waals surface area contributed by atoms with Crippen molar-refractivity contribution in [1.82, 2.24) is 0 Å². The predicted molar refractivity (Wildman–Crippen MR) is 48.3 cm³/mol. The second kappa shape index (κ2) is 2.84. The quantitative estimate of drug-likeness (QED) is 0.501. The van der Waals surface area contributed by atoms with Crippen molar-refractivity contribution in [3.63, 3.8) is 0 Å². The largest absolute Gasteiger partial charge is 0.0882 e. The Bertz CT molecular complexity index is 180. The molecule has 0 aromatic carbocycles. The average molecular weight is 148 g/mol. The molecule has 0 saturated carbocycles. The van der Waals surface area contributed by atoms with E-state index in [0.717, 1.165) is 17.8 Å². The van der Waals surface area contributed by atoms with Gasteiger partial charge >= 0.3 is 0 Å². The maximum absolute atomic E-state index is 2.43. The van der Waals surface area contributed by atoms with Gasteiger partial charge in [-0.15, -0.1) is 0 Å². The lowest BCUT2D eigenvalue weighted by Gasteiger charge is -2.16. The molecule has 0 heteroatoms. The van der Waals surface area contributed by atoms with E-state index >= 15 is 0 Å². The molecule has 2 unspecified atom stereocenters. The molecular weight excluding hydrogens is 132 g/mol. The summed E-state index contributed by atoms with van der Waals surface area (Å²) in [5, 5.41) is 0. The van der Waals surface area contributed by atoms with E-state index in [4.69, 9.17) is 0 Å². The van der Waals surface area contributed by atoms with Crippen molar-refractivity contribution >= 4 is 0 Å². The summed E-state index contributed by atoms with van der Waals surface area (Å²) in [6, 6.07) is 0. The van der Waals surface area contributed by atoms with Crippen molar-refractivity contribution in [2.75, 3.05) is 0 Å². The smallest absolute Gasteiger partial charge is 0.0194 e. The topological polar surface area (TPSA) is 0 Å². The molecule has 0 aliphatic heterocycles. The van der Waals surface area contributed by atoms with Crippen LogP contribution in [0.3, 0.4) is 0 Å². The molecule has 0 nitrogen and oxygen atoms in total. The van der Waals surface area contributed by atoms with Gasteiger partial charge in [-0.3, -0.25) is 0 Å². The van der Waals surface area contributed by atoms with Crippen LogP contribution in [0.2, 0.25) is 0 Å². The van der Waals surface area contributed by atoms with Crippen molar-refractivity contribution in [2.45, 2.75) is 26.2 Å².